The summed E-state index contributed by atoms with van der Waals surface area (Å²) in [4.78, 5) is 14.0. The summed E-state index contributed by atoms with van der Waals surface area (Å²) in [5.74, 6) is 1.70. The second kappa shape index (κ2) is 5.30. The maximum atomic E-state index is 5.74. The van der Waals surface area contributed by atoms with Crippen LogP contribution in [0.5, 0.6) is 0 Å². The minimum absolute atomic E-state index is 0.396. The molecule has 104 valence electrons. The Bertz CT molecular complexity index is 686. The van der Waals surface area contributed by atoms with E-state index in [0.29, 0.717) is 6.54 Å². The van der Waals surface area contributed by atoms with Crippen LogP contribution < -0.4 is 10.6 Å². The van der Waals surface area contributed by atoms with Gasteiger partial charge >= 0.3 is 0 Å². The molecule has 0 saturated carbocycles. The van der Waals surface area contributed by atoms with Crippen molar-refractivity contribution in [2.45, 2.75) is 19.9 Å². The van der Waals surface area contributed by atoms with Crippen molar-refractivity contribution in [2.75, 3.05) is 11.4 Å². The second-order valence-corrected chi connectivity index (χ2v) is 4.48. The van der Waals surface area contributed by atoms with Crippen LogP contribution in [-0.2, 0) is 6.54 Å². The minimum Gasteiger partial charge on any atom is -0.331 e. The molecule has 3 rings (SSSR count). The predicted molar refractivity (Wildman–Crippen MR) is 76.8 cm³/mol. The van der Waals surface area contributed by atoms with Crippen LogP contribution in [0.1, 0.15) is 19.0 Å². The van der Waals surface area contributed by atoms with Crippen molar-refractivity contribution in [1.82, 2.24) is 24.6 Å². The zero-order valence-corrected chi connectivity index (χ0v) is 11.3. The summed E-state index contributed by atoms with van der Waals surface area (Å²) in [5, 5.41) is 4.34. The van der Waals surface area contributed by atoms with Crippen LogP contribution in [0.15, 0.2) is 30.7 Å². The average Bonchev–Trinajstić information content (AvgIpc) is 3.14. The molecular weight excluding hydrogens is 254 g/mol. The molecule has 7 heteroatoms. The van der Waals surface area contributed by atoms with Gasteiger partial charge in [-0.15, -0.1) is 0 Å². The van der Waals surface area contributed by atoms with E-state index < -0.39 is 0 Å². The number of aromatic amines is 1. The zero-order valence-electron chi connectivity index (χ0n) is 11.3. The third-order valence-electron chi connectivity index (χ3n) is 3.07. The van der Waals surface area contributed by atoms with E-state index in [-0.39, 0.29) is 0 Å². The van der Waals surface area contributed by atoms with Crippen molar-refractivity contribution >= 4 is 17.4 Å². The highest BCUT2D eigenvalue weighted by Crippen LogP contribution is 2.23. The van der Waals surface area contributed by atoms with Gasteiger partial charge in [0.05, 0.1) is 11.9 Å². The van der Waals surface area contributed by atoms with E-state index in [2.05, 4.69) is 31.9 Å². The smallest absolute Gasteiger partial charge is 0.208 e. The van der Waals surface area contributed by atoms with Crippen molar-refractivity contribution in [1.29, 1.82) is 0 Å². The molecule has 0 aromatic carbocycles. The van der Waals surface area contributed by atoms with E-state index in [4.69, 9.17) is 5.73 Å². The molecule has 0 bridgehead atoms. The normalized spacial score (nSPS) is 11.1. The Balaban J connectivity index is 2.16. The molecule has 0 unspecified atom stereocenters. The molecule has 0 saturated heterocycles. The number of imidazole rings is 1. The molecule has 0 atom stereocenters. The van der Waals surface area contributed by atoms with E-state index in [0.717, 1.165) is 36.1 Å². The van der Waals surface area contributed by atoms with E-state index >= 15 is 0 Å². The van der Waals surface area contributed by atoms with Crippen LogP contribution in [0.2, 0.25) is 0 Å². The SMILES string of the molecule is CCCN(c1ncc[nH]1)c1cc(CN)nc2ccnn12. The lowest BCUT2D eigenvalue weighted by Crippen LogP contribution is -2.23. The number of nitrogens with two attached hydrogens (primary N) is 1. The molecular formula is C13H17N7. The monoisotopic (exact) mass is 271 g/mol. The topological polar surface area (TPSA) is 88.1 Å². The largest absolute Gasteiger partial charge is 0.331 e. The highest BCUT2D eigenvalue weighted by molar-refractivity contribution is 5.57. The summed E-state index contributed by atoms with van der Waals surface area (Å²) >= 11 is 0. The van der Waals surface area contributed by atoms with E-state index in [9.17, 15) is 0 Å². The summed E-state index contributed by atoms with van der Waals surface area (Å²) in [6.45, 7) is 3.35. The van der Waals surface area contributed by atoms with Crippen LogP contribution in [0.25, 0.3) is 5.65 Å². The van der Waals surface area contributed by atoms with Gasteiger partial charge in [-0.2, -0.15) is 9.61 Å². The van der Waals surface area contributed by atoms with Gasteiger partial charge in [0.1, 0.15) is 5.82 Å². The molecule has 0 radical (unpaired) electrons. The predicted octanol–water partition coefficient (Wildman–Crippen LogP) is 1.46. The fraction of sp³-hybridized carbons (Fsp3) is 0.308. The van der Waals surface area contributed by atoms with E-state index in [1.807, 2.05) is 18.3 Å². The summed E-state index contributed by atoms with van der Waals surface area (Å²) in [5.41, 5.74) is 7.36. The van der Waals surface area contributed by atoms with Crippen molar-refractivity contribution in [2.24, 2.45) is 5.73 Å². The third-order valence-corrected chi connectivity index (χ3v) is 3.07. The molecule has 20 heavy (non-hydrogen) atoms. The summed E-state index contributed by atoms with van der Waals surface area (Å²) in [7, 11) is 0. The second-order valence-electron chi connectivity index (χ2n) is 4.48. The van der Waals surface area contributed by atoms with Crippen LogP contribution in [0.4, 0.5) is 11.8 Å². The zero-order chi connectivity index (χ0) is 13.9. The lowest BCUT2D eigenvalue weighted by atomic mass is 10.3. The lowest BCUT2D eigenvalue weighted by Gasteiger charge is -2.22. The first-order valence-electron chi connectivity index (χ1n) is 6.64. The first-order valence-corrected chi connectivity index (χ1v) is 6.64. The fourth-order valence-corrected chi connectivity index (χ4v) is 2.20. The standard InChI is InChI=1S/C13H17N7/c1-2-7-19(13-15-5-6-16-13)12-8-10(9-14)18-11-3-4-17-20(11)12/h3-6,8H,2,7,9,14H2,1H3,(H,15,16). The Morgan fingerprint density at radius 3 is 3.00 bits per heavy atom. The summed E-state index contributed by atoms with van der Waals surface area (Å²) in [6, 6.07) is 3.83. The molecule has 3 aromatic rings. The molecule has 3 aromatic heterocycles. The highest BCUT2D eigenvalue weighted by Gasteiger charge is 2.16. The van der Waals surface area contributed by atoms with Gasteiger partial charge in [-0.1, -0.05) is 6.92 Å². The van der Waals surface area contributed by atoms with E-state index in [1.165, 1.54) is 0 Å². The van der Waals surface area contributed by atoms with Gasteiger partial charge < -0.3 is 10.7 Å². The van der Waals surface area contributed by atoms with Crippen molar-refractivity contribution in [3.63, 3.8) is 0 Å². The third kappa shape index (κ3) is 2.12. The number of anilines is 2. The quantitative estimate of drug-likeness (QED) is 0.733. The number of hydrogen-bond acceptors (Lipinski definition) is 5. The first kappa shape index (κ1) is 12.6. The Hall–Kier alpha value is -2.41. The summed E-state index contributed by atoms with van der Waals surface area (Å²) in [6.07, 6.45) is 6.27. The van der Waals surface area contributed by atoms with Gasteiger partial charge in [0.15, 0.2) is 5.65 Å². The number of nitrogens with zero attached hydrogens (tertiary/aromatic N) is 5. The van der Waals surface area contributed by atoms with Gasteiger partial charge in [-0.3, -0.25) is 4.90 Å². The molecule has 3 N–H and O–H groups in total. The molecule has 0 fully saturated rings. The summed E-state index contributed by atoms with van der Waals surface area (Å²) < 4.78 is 1.80. The molecule has 0 aliphatic rings. The highest BCUT2D eigenvalue weighted by atomic mass is 15.4. The maximum absolute atomic E-state index is 5.74. The van der Waals surface area contributed by atoms with Gasteiger partial charge in [0, 0.05) is 37.6 Å². The van der Waals surface area contributed by atoms with Crippen molar-refractivity contribution in [3.05, 3.63) is 36.4 Å². The number of aromatic nitrogens is 5. The van der Waals surface area contributed by atoms with Gasteiger partial charge in [-0.25, -0.2) is 9.97 Å². The molecule has 7 nitrogen and oxygen atoms in total. The number of rotatable bonds is 5. The first-order chi connectivity index (χ1) is 9.83. The minimum atomic E-state index is 0.396. The number of H-pyrrole nitrogens is 1. The molecule has 0 aliphatic carbocycles. The average molecular weight is 271 g/mol. The number of fused-ring (bicyclic) bond motifs is 1. The molecule has 3 heterocycles. The Morgan fingerprint density at radius 1 is 1.40 bits per heavy atom. The molecule has 0 aliphatic heterocycles. The van der Waals surface area contributed by atoms with Gasteiger partial charge in [0.25, 0.3) is 0 Å². The van der Waals surface area contributed by atoms with Crippen molar-refractivity contribution in [3.8, 4) is 0 Å². The molecule has 0 amide bonds. The Labute approximate surface area is 116 Å². The van der Waals surface area contributed by atoms with Crippen LogP contribution in [0.3, 0.4) is 0 Å². The van der Waals surface area contributed by atoms with Crippen LogP contribution >= 0.6 is 0 Å². The number of hydrogen-bond donors (Lipinski definition) is 2. The Kier molecular flexibility index (Phi) is 3.34. The Morgan fingerprint density at radius 2 is 2.30 bits per heavy atom. The van der Waals surface area contributed by atoms with Crippen LogP contribution in [-0.4, -0.2) is 31.1 Å². The van der Waals surface area contributed by atoms with Gasteiger partial charge in [-0.05, 0) is 6.42 Å². The van der Waals surface area contributed by atoms with Gasteiger partial charge in [0.2, 0.25) is 5.95 Å². The fourth-order valence-electron chi connectivity index (χ4n) is 2.20. The van der Waals surface area contributed by atoms with E-state index in [1.54, 1.807) is 16.9 Å². The van der Waals surface area contributed by atoms with Crippen LogP contribution in [0, 0.1) is 0 Å². The lowest BCUT2D eigenvalue weighted by molar-refractivity contribution is 0.803. The molecule has 0 spiro atoms. The maximum Gasteiger partial charge on any atom is 0.208 e. The van der Waals surface area contributed by atoms with Crippen molar-refractivity contribution < 1.29 is 0 Å². The number of nitrogens with one attached hydrogen (secondary N) is 1.